The van der Waals surface area contributed by atoms with E-state index < -0.39 is 28.5 Å². The molecule has 0 bridgehead atoms. The fraction of sp³-hybridized carbons (Fsp3) is 0.440. The molecular formula is C25H35N3O4S. The Labute approximate surface area is 197 Å². The zero-order chi connectivity index (χ0) is 24.8. The maximum Gasteiger partial charge on any atom is 0.244 e. The molecule has 2 amide bonds. The maximum absolute atomic E-state index is 13.5. The van der Waals surface area contributed by atoms with Gasteiger partial charge in [-0.25, -0.2) is 8.42 Å². The van der Waals surface area contributed by atoms with E-state index in [9.17, 15) is 18.0 Å². The molecule has 2 rings (SSSR count). The van der Waals surface area contributed by atoms with Crippen molar-refractivity contribution < 1.29 is 18.0 Å². The molecule has 0 aliphatic rings. The van der Waals surface area contributed by atoms with Crippen LogP contribution in [0.4, 0.5) is 5.69 Å². The van der Waals surface area contributed by atoms with Gasteiger partial charge in [-0.3, -0.25) is 13.9 Å². The molecule has 0 aliphatic carbocycles. The predicted molar refractivity (Wildman–Crippen MR) is 132 cm³/mol. The topological polar surface area (TPSA) is 86.8 Å². The third-order valence-electron chi connectivity index (χ3n) is 5.61. The molecule has 7 nitrogen and oxygen atoms in total. The van der Waals surface area contributed by atoms with Crippen molar-refractivity contribution in [2.24, 2.45) is 0 Å². The van der Waals surface area contributed by atoms with E-state index in [4.69, 9.17) is 0 Å². The number of nitrogens with zero attached hydrogens (tertiary/aromatic N) is 2. The third-order valence-corrected chi connectivity index (χ3v) is 6.75. The number of rotatable bonds is 10. The van der Waals surface area contributed by atoms with Gasteiger partial charge in [0.2, 0.25) is 21.8 Å². The van der Waals surface area contributed by atoms with Gasteiger partial charge in [0.1, 0.15) is 12.6 Å². The van der Waals surface area contributed by atoms with Crippen molar-refractivity contribution in [2.75, 3.05) is 17.1 Å². The molecule has 0 aromatic heterocycles. The van der Waals surface area contributed by atoms with E-state index in [1.165, 1.54) is 4.90 Å². The largest absolute Gasteiger partial charge is 0.352 e. The van der Waals surface area contributed by atoms with Crippen LogP contribution in [0.2, 0.25) is 0 Å². The van der Waals surface area contributed by atoms with Gasteiger partial charge in [-0.2, -0.15) is 0 Å². The molecular weight excluding hydrogens is 438 g/mol. The van der Waals surface area contributed by atoms with Crippen molar-refractivity contribution in [3.8, 4) is 0 Å². The Balaban J connectivity index is 2.37. The van der Waals surface area contributed by atoms with E-state index in [1.807, 2.05) is 58.0 Å². The number of aryl methyl sites for hydroxylation is 2. The monoisotopic (exact) mass is 473 g/mol. The first kappa shape index (κ1) is 26.4. The third kappa shape index (κ3) is 7.60. The van der Waals surface area contributed by atoms with Crippen LogP contribution < -0.4 is 9.62 Å². The van der Waals surface area contributed by atoms with Crippen LogP contribution in [0.3, 0.4) is 0 Å². The summed E-state index contributed by atoms with van der Waals surface area (Å²) in [6.45, 7) is 9.17. The Bertz CT molecular complexity index is 1070. The second-order valence-corrected chi connectivity index (χ2v) is 10.5. The summed E-state index contributed by atoms with van der Waals surface area (Å²) < 4.78 is 26.2. The highest BCUT2D eigenvalue weighted by Gasteiger charge is 2.30. The molecule has 0 heterocycles. The number of carbonyl (C=O) groups excluding carboxylic acids is 2. The molecule has 2 unspecified atom stereocenters. The van der Waals surface area contributed by atoms with Crippen LogP contribution in [0.1, 0.15) is 43.9 Å². The summed E-state index contributed by atoms with van der Waals surface area (Å²) in [5.74, 6) is -0.722. The molecule has 180 valence electrons. The summed E-state index contributed by atoms with van der Waals surface area (Å²) in [6, 6.07) is 13.9. The first-order valence-corrected chi connectivity index (χ1v) is 13.0. The SMILES string of the molecule is CCC(C)NC(=O)C(C)N(Cc1ccc(C)cc1)C(=O)CN(c1cccc(C)c1)S(C)(=O)=O. The highest BCUT2D eigenvalue weighted by Crippen LogP contribution is 2.20. The van der Waals surface area contributed by atoms with Gasteiger partial charge in [-0.15, -0.1) is 0 Å². The molecule has 1 N–H and O–H groups in total. The van der Waals surface area contributed by atoms with E-state index in [0.717, 1.165) is 33.7 Å². The first-order valence-electron chi connectivity index (χ1n) is 11.1. The Morgan fingerprint density at radius 3 is 2.18 bits per heavy atom. The van der Waals surface area contributed by atoms with Gasteiger partial charge in [-0.1, -0.05) is 48.9 Å². The van der Waals surface area contributed by atoms with Crippen molar-refractivity contribution in [3.63, 3.8) is 0 Å². The molecule has 8 heteroatoms. The summed E-state index contributed by atoms with van der Waals surface area (Å²) in [5.41, 5.74) is 3.24. The molecule has 0 radical (unpaired) electrons. The molecule has 2 aromatic carbocycles. The number of nitrogens with one attached hydrogen (secondary N) is 1. The van der Waals surface area contributed by atoms with E-state index >= 15 is 0 Å². The van der Waals surface area contributed by atoms with E-state index in [2.05, 4.69) is 5.32 Å². The van der Waals surface area contributed by atoms with E-state index in [1.54, 1.807) is 25.1 Å². The summed E-state index contributed by atoms with van der Waals surface area (Å²) in [5, 5.41) is 2.92. The van der Waals surface area contributed by atoms with Crippen LogP contribution in [-0.2, 0) is 26.2 Å². The highest BCUT2D eigenvalue weighted by atomic mass is 32.2. The van der Waals surface area contributed by atoms with Gasteiger partial charge < -0.3 is 10.2 Å². The Kier molecular flexibility index (Phi) is 9.05. The number of carbonyl (C=O) groups is 2. The molecule has 0 spiro atoms. The number of sulfonamides is 1. The molecule has 0 aliphatic heterocycles. The molecule has 33 heavy (non-hydrogen) atoms. The van der Waals surface area contributed by atoms with Crippen LogP contribution in [0.5, 0.6) is 0 Å². The zero-order valence-electron chi connectivity index (χ0n) is 20.3. The standard InChI is InChI=1S/C25H35N3O4S/c1-7-20(4)26-25(30)21(5)27(16-22-13-11-18(2)12-14-22)24(29)17-28(33(6,31)32)23-10-8-9-19(3)15-23/h8-15,20-21H,7,16-17H2,1-6H3,(H,26,30). The minimum absolute atomic E-state index is 0.0314. The summed E-state index contributed by atoms with van der Waals surface area (Å²) in [4.78, 5) is 27.8. The van der Waals surface area contributed by atoms with Gasteiger partial charge in [0.15, 0.2) is 0 Å². The Morgan fingerprint density at radius 2 is 1.64 bits per heavy atom. The van der Waals surface area contributed by atoms with Gasteiger partial charge in [-0.05, 0) is 57.4 Å². The van der Waals surface area contributed by atoms with Gasteiger partial charge in [0, 0.05) is 12.6 Å². The lowest BCUT2D eigenvalue weighted by Gasteiger charge is -2.32. The second-order valence-electron chi connectivity index (χ2n) is 8.61. The number of hydrogen-bond acceptors (Lipinski definition) is 4. The van der Waals surface area contributed by atoms with Crippen LogP contribution in [-0.4, -0.2) is 50.0 Å². The number of benzene rings is 2. The fourth-order valence-electron chi connectivity index (χ4n) is 3.34. The number of amides is 2. The lowest BCUT2D eigenvalue weighted by Crippen LogP contribution is -2.52. The molecule has 2 atom stereocenters. The second kappa shape index (κ2) is 11.3. The van der Waals surface area contributed by atoms with Crippen molar-refractivity contribution >= 4 is 27.5 Å². The van der Waals surface area contributed by atoms with E-state index in [-0.39, 0.29) is 18.5 Å². The van der Waals surface area contributed by atoms with Gasteiger partial charge in [0.05, 0.1) is 11.9 Å². The number of anilines is 1. The zero-order valence-corrected chi connectivity index (χ0v) is 21.1. The Morgan fingerprint density at radius 1 is 1.00 bits per heavy atom. The minimum Gasteiger partial charge on any atom is -0.352 e. The first-order chi connectivity index (χ1) is 15.4. The molecule has 0 fully saturated rings. The van der Waals surface area contributed by atoms with Gasteiger partial charge in [0.25, 0.3) is 0 Å². The normalized spacial score (nSPS) is 13.2. The lowest BCUT2D eigenvalue weighted by atomic mass is 10.1. The highest BCUT2D eigenvalue weighted by molar-refractivity contribution is 7.92. The van der Waals surface area contributed by atoms with Crippen molar-refractivity contribution in [3.05, 3.63) is 65.2 Å². The van der Waals surface area contributed by atoms with Crippen molar-refractivity contribution in [1.29, 1.82) is 0 Å². The minimum atomic E-state index is -3.73. The number of hydrogen-bond donors (Lipinski definition) is 1. The quantitative estimate of drug-likeness (QED) is 0.573. The van der Waals surface area contributed by atoms with Crippen LogP contribution >= 0.6 is 0 Å². The lowest BCUT2D eigenvalue weighted by molar-refractivity contribution is -0.139. The van der Waals surface area contributed by atoms with Crippen LogP contribution in [0.25, 0.3) is 0 Å². The molecule has 0 saturated carbocycles. The molecule has 0 saturated heterocycles. The summed E-state index contributed by atoms with van der Waals surface area (Å²) in [6.07, 6.45) is 1.84. The van der Waals surface area contributed by atoms with Crippen molar-refractivity contribution in [2.45, 2.75) is 59.7 Å². The van der Waals surface area contributed by atoms with Crippen LogP contribution in [0.15, 0.2) is 48.5 Å². The average molecular weight is 474 g/mol. The smallest absolute Gasteiger partial charge is 0.244 e. The predicted octanol–water partition coefficient (Wildman–Crippen LogP) is 3.40. The average Bonchev–Trinajstić information content (AvgIpc) is 2.75. The Hall–Kier alpha value is -2.87. The molecule has 2 aromatic rings. The summed E-state index contributed by atoms with van der Waals surface area (Å²) in [7, 11) is -3.73. The maximum atomic E-state index is 13.5. The van der Waals surface area contributed by atoms with E-state index in [0.29, 0.717) is 5.69 Å². The summed E-state index contributed by atoms with van der Waals surface area (Å²) >= 11 is 0. The van der Waals surface area contributed by atoms with Gasteiger partial charge >= 0.3 is 0 Å². The van der Waals surface area contributed by atoms with Crippen molar-refractivity contribution in [1.82, 2.24) is 10.2 Å². The van der Waals surface area contributed by atoms with Crippen LogP contribution in [0, 0.1) is 13.8 Å². The fourth-order valence-corrected chi connectivity index (χ4v) is 4.18.